The molecule has 0 fully saturated rings. The highest BCUT2D eigenvalue weighted by Crippen LogP contribution is 2.29. The Morgan fingerprint density at radius 3 is 2.38 bits per heavy atom. The lowest BCUT2D eigenvalue weighted by molar-refractivity contribution is -0.116. The van der Waals surface area contributed by atoms with Crippen LogP contribution in [0.25, 0.3) is 0 Å². The number of para-hydroxylation sites is 1. The molecule has 1 aromatic carbocycles. The Balaban J connectivity index is 2.19. The summed E-state index contributed by atoms with van der Waals surface area (Å²) in [5.41, 5.74) is 1.77. The van der Waals surface area contributed by atoms with Crippen LogP contribution in [0.4, 0.5) is 5.69 Å². The van der Waals surface area contributed by atoms with E-state index in [4.69, 9.17) is 4.52 Å². The van der Waals surface area contributed by atoms with Crippen LogP contribution in [-0.2, 0) is 20.2 Å². The molecule has 2 aromatic rings. The van der Waals surface area contributed by atoms with E-state index in [0.717, 1.165) is 9.87 Å². The molecular formula is C18H25N3O4S. The molecule has 1 aromatic heterocycles. The van der Waals surface area contributed by atoms with E-state index in [9.17, 15) is 13.2 Å². The molecule has 0 unspecified atom stereocenters. The average Bonchev–Trinajstić information content (AvgIpc) is 2.86. The van der Waals surface area contributed by atoms with E-state index < -0.39 is 15.9 Å². The molecular weight excluding hydrogens is 354 g/mol. The molecule has 0 aliphatic rings. The fourth-order valence-corrected chi connectivity index (χ4v) is 4.13. The maximum Gasteiger partial charge on any atom is 0.248 e. The number of amides is 1. The Morgan fingerprint density at radius 1 is 1.23 bits per heavy atom. The van der Waals surface area contributed by atoms with Crippen LogP contribution in [0.2, 0.25) is 0 Å². The van der Waals surface area contributed by atoms with Gasteiger partial charge in [-0.3, -0.25) is 4.79 Å². The smallest absolute Gasteiger partial charge is 0.248 e. The Bertz CT molecular complexity index is 891. The van der Waals surface area contributed by atoms with E-state index in [1.54, 1.807) is 13.0 Å². The molecule has 0 bridgehead atoms. The normalized spacial score (nSPS) is 12.4. The van der Waals surface area contributed by atoms with Gasteiger partial charge in [0.25, 0.3) is 0 Å². The first-order chi connectivity index (χ1) is 11.9. The Labute approximate surface area is 154 Å². The summed E-state index contributed by atoms with van der Waals surface area (Å²) >= 11 is 0. The van der Waals surface area contributed by atoms with Gasteiger partial charge >= 0.3 is 0 Å². The van der Waals surface area contributed by atoms with Gasteiger partial charge in [0.05, 0.1) is 6.54 Å². The predicted octanol–water partition coefficient (Wildman–Crippen LogP) is 2.85. The molecule has 1 N–H and O–H groups in total. The third kappa shape index (κ3) is 4.13. The molecule has 142 valence electrons. The first-order valence-corrected chi connectivity index (χ1v) is 9.67. The quantitative estimate of drug-likeness (QED) is 0.862. The summed E-state index contributed by atoms with van der Waals surface area (Å²) in [6, 6.07) is 7.49. The van der Waals surface area contributed by atoms with Crippen molar-refractivity contribution in [3.8, 4) is 0 Å². The average molecular weight is 379 g/mol. The number of nitrogens with one attached hydrogen (secondary N) is 1. The van der Waals surface area contributed by atoms with Crippen molar-refractivity contribution in [2.75, 3.05) is 18.9 Å². The van der Waals surface area contributed by atoms with Crippen LogP contribution in [0.5, 0.6) is 0 Å². The van der Waals surface area contributed by atoms with Crippen molar-refractivity contribution in [2.24, 2.45) is 0 Å². The predicted molar refractivity (Wildman–Crippen MR) is 99.6 cm³/mol. The Kier molecular flexibility index (Phi) is 5.58. The molecule has 1 heterocycles. The SMILES string of the molecule is Cc1noc(C)c1S(=O)(=O)N(C)CC(=O)Nc1ccccc1C(C)(C)C. The largest absolute Gasteiger partial charge is 0.360 e. The van der Waals surface area contributed by atoms with Crippen LogP contribution in [-0.4, -0.2) is 37.4 Å². The van der Waals surface area contributed by atoms with Gasteiger partial charge in [-0.2, -0.15) is 4.31 Å². The molecule has 0 atom stereocenters. The van der Waals surface area contributed by atoms with E-state index in [1.165, 1.54) is 14.0 Å². The van der Waals surface area contributed by atoms with Gasteiger partial charge in [0.15, 0.2) is 5.76 Å². The zero-order valence-corrected chi connectivity index (χ0v) is 16.8. The number of nitrogens with zero attached hydrogens (tertiary/aromatic N) is 2. The van der Waals surface area contributed by atoms with Gasteiger partial charge in [-0.25, -0.2) is 8.42 Å². The molecule has 1 amide bonds. The van der Waals surface area contributed by atoms with E-state index in [1.807, 2.05) is 39.0 Å². The first kappa shape index (κ1) is 20.1. The Hall–Kier alpha value is -2.19. The fraction of sp³-hybridized carbons (Fsp3) is 0.444. The second kappa shape index (κ2) is 7.20. The minimum Gasteiger partial charge on any atom is -0.360 e. The number of aryl methyl sites for hydroxylation is 2. The van der Waals surface area contributed by atoms with Crippen molar-refractivity contribution in [3.05, 3.63) is 41.3 Å². The van der Waals surface area contributed by atoms with E-state index in [0.29, 0.717) is 5.69 Å². The lowest BCUT2D eigenvalue weighted by atomic mass is 9.86. The zero-order valence-electron chi connectivity index (χ0n) is 16.0. The maximum atomic E-state index is 12.7. The second-order valence-electron chi connectivity index (χ2n) is 7.26. The number of carbonyl (C=O) groups is 1. The van der Waals surface area contributed by atoms with E-state index in [-0.39, 0.29) is 28.3 Å². The molecule has 8 heteroatoms. The van der Waals surface area contributed by atoms with Crippen LogP contribution < -0.4 is 5.32 Å². The third-order valence-corrected chi connectivity index (χ3v) is 6.06. The highest BCUT2D eigenvalue weighted by molar-refractivity contribution is 7.89. The summed E-state index contributed by atoms with van der Waals surface area (Å²) in [5, 5.41) is 6.48. The van der Waals surface area contributed by atoms with Gasteiger partial charge in [0, 0.05) is 12.7 Å². The summed E-state index contributed by atoms with van der Waals surface area (Å²) in [4.78, 5) is 12.4. The molecule has 0 saturated carbocycles. The number of hydrogen-bond donors (Lipinski definition) is 1. The fourth-order valence-electron chi connectivity index (χ4n) is 2.72. The number of sulfonamides is 1. The first-order valence-electron chi connectivity index (χ1n) is 8.23. The molecule has 0 spiro atoms. The highest BCUT2D eigenvalue weighted by atomic mass is 32.2. The second-order valence-corrected chi connectivity index (χ2v) is 9.24. The number of anilines is 1. The van der Waals surface area contributed by atoms with Gasteiger partial charge in [-0.15, -0.1) is 0 Å². The molecule has 7 nitrogen and oxygen atoms in total. The number of hydrogen-bond acceptors (Lipinski definition) is 5. The summed E-state index contributed by atoms with van der Waals surface area (Å²) in [6.07, 6.45) is 0. The summed E-state index contributed by atoms with van der Waals surface area (Å²) in [7, 11) is -2.51. The summed E-state index contributed by atoms with van der Waals surface area (Å²) < 4.78 is 31.3. The number of carbonyl (C=O) groups excluding carboxylic acids is 1. The topological polar surface area (TPSA) is 92.5 Å². The van der Waals surface area contributed by atoms with Crippen LogP contribution >= 0.6 is 0 Å². The van der Waals surface area contributed by atoms with Crippen LogP contribution in [0, 0.1) is 13.8 Å². The highest BCUT2D eigenvalue weighted by Gasteiger charge is 2.30. The number of likely N-dealkylation sites (N-methyl/N-ethyl adjacent to an activating group) is 1. The molecule has 0 aliphatic carbocycles. The minimum absolute atomic E-state index is 0.00268. The third-order valence-electron chi connectivity index (χ3n) is 4.01. The van der Waals surface area contributed by atoms with Crippen molar-refractivity contribution < 1.29 is 17.7 Å². The summed E-state index contributed by atoms with van der Waals surface area (Å²) in [6.45, 7) is 8.91. The lowest BCUT2D eigenvalue weighted by Gasteiger charge is -2.23. The van der Waals surface area contributed by atoms with Gasteiger partial charge in [0.1, 0.15) is 10.6 Å². The van der Waals surface area contributed by atoms with Crippen LogP contribution in [0.1, 0.15) is 37.8 Å². The number of benzene rings is 1. The van der Waals surface area contributed by atoms with Crippen molar-refractivity contribution in [1.29, 1.82) is 0 Å². The lowest BCUT2D eigenvalue weighted by Crippen LogP contribution is -2.35. The molecule has 2 rings (SSSR count). The van der Waals surface area contributed by atoms with E-state index in [2.05, 4.69) is 10.5 Å². The van der Waals surface area contributed by atoms with Gasteiger partial charge < -0.3 is 9.84 Å². The number of aromatic nitrogens is 1. The molecule has 0 aliphatic heterocycles. The van der Waals surface area contributed by atoms with Crippen molar-refractivity contribution in [2.45, 2.75) is 44.9 Å². The molecule has 0 saturated heterocycles. The minimum atomic E-state index is -3.87. The van der Waals surface area contributed by atoms with Gasteiger partial charge in [-0.05, 0) is 30.9 Å². The number of rotatable bonds is 5. The maximum absolute atomic E-state index is 12.7. The van der Waals surface area contributed by atoms with Crippen molar-refractivity contribution in [1.82, 2.24) is 9.46 Å². The molecule has 26 heavy (non-hydrogen) atoms. The zero-order chi connectivity index (χ0) is 19.7. The summed E-state index contributed by atoms with van der Waals surface area (Å²) in [5.74, 6) is -0.215. The molecule has 0 radical (unpaired) electrons. The van der Waals surface area contributed by atoms with Crippen molar-refractivity contribution in [3.63, 3.8) is 0 Å². The van der Waals surface area contributed by atoms with Crippen molar-refractivity contribution >= 4 is 21.6 Å². The van der Waals surface area contributed by atoms with Gasteiger partial charge in [0.2, 0.25) is 15.9 Å². The Morgan fingerprint density at radius 2 is 1.85 bits per heavy atom. The van der Waals surface area contributed by atoms with E-state index >= 15 is 0 Å². The standard InChI is InChI=1S/C18H25N3O4S/c1-12-17(13(2)25-20-12)26(23,24)21(6)11-16(22)19-15-10-8-7-9-14(15)18(3,4)5/h7-10H,11H2,1-6H3,(H,19,22). The van der Waals surface area contributed by atoms with Crippen LogP contribution in [0.3, 0.4) is 0 Å². The van der Waals surface area contributed by atoms with Gasteiger partial charge in [-0.1, -0.05) is 44.1 Å². The monoisotopic (exact) mass is 379 g/mol. The van der Waals surface area contributed by atoms with Crippen LogP contribution in [0.15, 0.2) is 33.7 Å².